The Morgan fingerprint density at radius 2 is 1.84 bits per heavy atom. The molecule has 25 heavy (non-hydrogen) atoms. The Morgan fingerprint density at radius 3 is 2.28 bits per heavy atom. The van der Waals surface area contributed by atoms with E-state index in [0.29, 0.717) is 13.1 Å². The lowest BCUT2D eigenvalue weighted by Gasteiger charge is -2.33. The fraction of sp³-hybridized carbons (Fsp3) is 0.750. The van der Waals surface area contributed by atoms with E-state index in [9.17, 15) is 19.6 Å². The van der Waals surface area contributed by atoms with Gasteiger partial charge in [-0.15, -0.1) is 0 Å². The molecule has 0 bridgehead atoms. The van der Waals surface area contributed by atoms with Crippen molar-refractivity contribution in [2.45, 2.75) is 51.7 Å². The summed E-state index contributed by atoms with van der Waals surface area (Å²) in [5.41, 5.74) is -2.79. The zero-order chi connectivity index (χ0) is 19.1. The van der Waals surface area contributed by atoms with Crippen LogP contribution in [-0.2, 0) is 19.0 Å². The van der Waals surface area contributed by atoms with E-state index in [1.165, 1.54) is 4.90 Å². The summed E-state index contributed by atoms with van der Waals surface area (Å²) in [6.45, 7) is 7.66. The molecule has 0 aromatic carbocycles. The zero-order valence-electron chi connectivity index (χ0n) is 15.1. The third kappa shape index (κ3) is 6.14. The molecule has 1 N–H and O–H groups in total. The molecule has 9 nitrogen and oxygen atoms in total. The molecule has 1 fully saturated rings. The first-order valence-electron chi connectivity index (χ1n) is 8.17. The average molecular weight is 355 g/mol. The lowest BCUT2D eigenvalue weighted by atomic mass is 10.0. The number of ether oxygens (including phenoxy) is 3. The van der Waals surface area contributed by atoms with Crippen LogP contribution in [0, 0.1) is 11.3 Å². The highest BCUT2D eigenvalue weighted by Crippen LogP contribution is 2.21. The first kappa shape index (κ1) is 20.5. The number of likely N-dealkylation sites (tertiary alicyclic amines) is 1. The molecule has 0 aromatic heterocycles. The predicted octanol–water partition coefficient (Wildman–Crippen LogP) is 1.57. The fourth-order valence-corrected chi connectivity index (χ4v) is 1.93. The molecule has 0 aromatic rings. The topological polar surface area (TPSA) is 118 Å². The smallest absolute Gasteiger partial charge is 0.411 e. The van der Waals surface area contributed by atoms with Gasteiger partial charge in [-0.05, 0) is 34.1 Å². The van der Waals surface area contributed by atoms with Gasteiger partial charge in [-0.2, -0.15) is 5.26 Å². The van der Waals surface area contributed by atoms with Gasteiger partial charge in [0.1, 0.15) is 11.7 Å². The number of rotatable bonds is 6. The van der Waals surface area contributed by atoms with Gasteiger partial charge in [-0.25, -0.2) is 14.4 Å². The number of esters is 1. The molecular formula is C16H25N3O6. The van der Waals surface area contributed by atoms with Crippen molar-refractivity contribution in [1.29, 1.82) is 5.26 Å². The van der Waals surface area contributed by atoms with E-state index in [2.05, 4.69) is 5.32 Å². The standard InChI is InChI=1S/C16H25N3O6/c1-5-23-12(20)16(11-17,25-14(22)19-9-6-10-19)7-8-18-13(21)24-15(2,3)4/h5-10H2,1-4H3,(H,18,21). The number of amides is 2. The van der Waals surface area contributed by atoms with Crippen LogP contribution in [0.2, 0.25) is 0 Å². The Labute approximate surface area is 147 Å². The van der Waals surface area contributed by atoms with Crippen molar-refractivity contribution in [3.05, 3.63) is 0 Å². The summed E-state index contributed by atoms with van der Waals surface area (Å²) in [6.07, 6.45) is -0.856. The Balaban J connectivity index is 2.73. The second kappa shape index (κ2) is 8.55. The van der Waals surface area contributed by atoms with Crippen LogP contribution < -0.4 is 5.32 Å². The largest absolute Gasteiger partial charge is 0.462 e. The summed E-state index contributed by atoms with van der Waals surface area (Å²) in [7, 11) is 0. The molecule has 1 rings (SSSR count). The number of hydrogen-bond acceptors (Lipinski definition) is 7. The van der Waals surface area contributed by atoms with Crippen molar-refractivity contribution >= 4 is 18.2 Å². The number of alkyl carbamates (subject to hydrolysis) is 1. The molecule has 1 aliphatic heterocycles. The predicted molar refractivity (Wildman–Crippen MR) is 86.5 cm³/mol. The fourth-order valence-electron chi connectivity index (χ4n) is 1.93. The van der Waals surface area contributed by atoms with Crippen molar-refractivity contribution in [3.8, 4) is 6.07 Å². The van der Waals surface area contributed by atoms with Crippen molar-refractivity contribution < 1.29 is 28.6 Å². The molecule has 1 aliphatic rings. The molecule has 0 radical (unpaired) electrons. The molecule has 1 unspecified atom stereocenters. The Kier molecular flexibility index (Phi) is 7.03. The number of carbonyl (C=O) groups is 3. The van der Waals surface area contributed by atoms with E-state index in [1.54, 1.807) is 33.8 Å². The van der Waals surface area contributed by atoms with Gasteiger partial charge >= 0.3 is 18.2 Å². The summed E-state index contributed by atoms with van der Waals surface area (Å²) < 4.78 is 15.1. The SMILES string of the molecule is CCOC(=O)C(C#N)(CCNC(=O)OC(C)(C)C)OC(=O)N1CCC1. The second-order valence-corrected chi connectivity index (χ2v) is 6.55. The normalized spacial score (nSPS) is 15.9. The quantitative estimate of drug-likeness (QED) is 0.567. The highest BCUT2D eigenvalue weighted by atomic mass is 16.6. The minimum Gasteiger partial charge on any atom is -0.462 e. The highest BCUT2D eigenvalue weighted by Gasteiger charge is 2.46. The van der Waals surface area contributed by atoms with Crippen LogP contribution in [0.15, 0.2) is 0 Å². The van der Waals surface area contributed by atoms with Crippen LogP contribution >= 0.6 is 0 Å². The molecule has 140 valence electrons. The van der Waals surface area contributed by atoms with Gasteiger partial charge in [0, 0.05) is 26.1 Å². The lowest BCUT2D eigenvalue weighted by molar-refractivity contribution is -0.161. The van der Waals surface area contributed by atoms with Crippen molar-refractivity contribution in [2.24, 2.45) is 0 Å². The third-order valence-corrected chi connectivity index (χ3v) is 3.31. The van der Waals surface area contributed by atoms with Crippen LogP contribution in [0.25, 0.3) is 0 Å². The molecule has 1 heterocycles. The second-order valence-electron chi connectivity index (χ2n) is 6.55. The molecule has 1 atom stereocenters. The minimum absolute atomic E-state index is 0.0308. The number of carbonyl (C=O) groups excluding carboxylic acids is 3. The first-order valence-corrected chi connectivity index (χ1v) is 8.17. The molecule has 2 amide bonds. The minimum atomic E-state index is -2.11. The van der Waals surface area contributed by atoms with E-state index in [0.717, 1.165) is 6.42 Å². The average Bonchev–Trinajstić information content (AvgIpc) is 2.42. The van der Waals surface area contributed by atoms with Gasteiger partial charge in [-0.3, -0.25) is 0 Å². The van der Waals surface area contributed by atoms with E-state index >= 15 is 0 Å². The Bertz CT molecular complexity index is 547. The third-order valence-electron chi connectivity index (χ3n) is 3.31. The summed E-state index contributed by atoms with van der Waals surface area (Å²) in [4.78, 5) is 37.3. The van der Waals surface area contributed by atoms with E-state index in [4.69, 9.17) is 14.2 Å². The van der Waals surface area contributed by atoms with Crippen LogP contribution in [-0.4, -0.2) is 60.5 Å². The molecule has 9 heteroatoms. The van der Waals surface area contributed by atoms with E-state index in [1.807, 2.05) is 0 Å². The monoisotopic (exact) mass is 355 g/mol. The van der Waals surface area contributed by atoms with Crippen molar-refractivity contribution in [1.82, 2.24) is 10.2 Å². The van der Waals surface area contributed by atoms with Gasteiger partial charge in [-0.1, -0.05) is 0 Å². The molecule has 1 saturated heterocycles. The Morgan fingerprint density at radius 1 is 1.20 bits per heavy atom. The van der Waals surface area contributed by atoms with Crippen LogP contribution in [0.5, 0.6) is 0 Å². The maximum atomic E-state index is 12.2. The summed E-state index contributed by atoms with van der Waals surface area (Å²) in [5, 5.41) is 11.9. The van der Waals surface area contributed by atoms with Crippen molar-refractivity contribution in [2.75, 3.05) is 26.2 Å². The van der Waals surface area contributed by atoms with Gasteiger partial charge in [0.15, 0.2) is 0 Å². The number of nitriles is 1. The summed E-state index contributed by atoms with van der Waals surface area (Å²) in [6, 6.07) is 1.72. The maximum absolute atomic E-state index is 12.2. The number of nitrogens with zero attached hydrogens (tertiary/aromatic N) is 2. The summed E-state index contributed by atoms with van der Waals surface area (Å²) >= 11 is 0. The molecule has 0 spiro atoms. The van der Waals surface area contributed by atoms with Crippen LogP contribution in [0.1, 0.15) is 40.5 Å². The number of nitrogens with one attached hydrogen (secondary N) is 1. The van der Waals surface area contributed by atoms with Crippen LogP contribution in [0.3, 0.4) is 0 Å². The van der Waals surface area contributed by atoms with E-state index in [-0.39, 0.29) is 19.6 Å². The maximum Gasteiger partial charge on any atom is 0.411 e. The van der Waals surface area contributed by atoms with Gasteiger partial charge < -0.3 is 24.4 Å². The molecular weight excluding hydrogens is 330 g/mol. The van der Waals surface area contributed by atoms with Gasteiger partial charge in [0.2, 0.25) is 0 Å². The first-order chi connectivity index (χ1) is 11.6. The van der Waals surface area contributed by atoms with Crippen LogP contribution in [0.4, 0.5) is 9.59 Å². The zero-order valence-corrected chi connectivity index (χ0v) is 15.1. The highest BCUT2D eigenvalue weighted by molar-refractivity contribution is 5.86. The van der Waals surface area contributed by atoms with E-state index < -0.39 is 29.4 Å². The van der Waals surface area contributed by atoms with Gasteiger partial charge in [0.05, 0.1) is 6.61 Å². The summed E-state index contributed by atoms with van der Waals surface area (Å²) in [5.74, 6) is -0.961. The number of hydrogen-bond donors (Lipinski definition) is 1. The van der Waals surface area contributed by atoms with Crippen molar-refractivity contribution in [3.63, 3.8) is 0 Å². The lowest BCUT2D eigenvalue weighted by Crippen LogP contribution is -2.51. The molecule has 0 aliphatic carbocycles. The van der Waals surface area contributed by atoms with Gasteiger partial charge in [0.25, 0.3) is 5.60 Å². The molecule has 0 saturated carbocycles. The Hall–Kier alpha value is -2.50.